The summed E-state index contributed by atoms with van der Waals surface area (Å²) in [7, 11) is 0. The van der Waals surface area contributed by atoms with Crippen molar-refractivity contribution in [2.45, 2.75) is 13.8 Å². The Kier molecular flexibility index (Phi) is 5.60. The quantitative estimate of drug-likeness (QED) is 0.371. The van der Waals surface area contributed by atoms with Gasteiger partial charge in [-0.1, -0.05) is 66.2 Å². The number of hydrogen-bond donors (Lipinski definition) is 1. The Morgan fingerprint density at radius 1 is 0.794 bits per heavy atom. The van der Waals surface area contributed by atoms with Crippen LogP contribution >= 0.6 is 0 Å². The molecular formula is C29H24N2O3. The van der Waals surface area contributed by atoms with E-state index in [1.54, 1.807) is 12.1 Å². The van der Waals surface area contributed by atoms with Crippen LogP contribution < -0.4 is 15.0 Å². The average Bonchev–Trinajstić information content (AvgIpc) is 3.10. The van der Waals surface area contributed by atoms with E-state index in [9.17, 15) is 9.59 Å². The van der Waals surface area contributed by atoms with Gasteiger partial charge in [0.25, 0.3) is 11.8 Å². The summed E-state index contributed by atoms with van der Waals surface area (Å²) in [6.07, 6.45) is 0. The van der Waals surface area contributed by atoms with E-state index in [0.29, 0.717) is 29.2 Å². The van der Waals surface area contributed by atoms with E-state index in [1.807, 2.05) is 92.7 Å². The third kappa shape index (κ3) is 3.82. The van der Waals surface area contributed by atoms with Crippen molar-refractivity contribution in [2.75, 3.05) is 16.8 Å². The lowest BCUT2D eigenvalue weighted by molar-refractivity contribution is -0.120. The maximum Gasteiger partial charge on any atom is 0.282 e. The van der Waals surface area contributed by atoms with Crippen molar-refractivity contribution >= 4 is 39.5 Å². The molecule has 1 aliphatic heterocycles. The number of aryl methyl sites for hydroxylation is 1. The Labute approximate surface area is 198 Å². The van der Waals surface area contributed by atoms with Gasteiger partial charge in [-0.05, 0) is 55.1 Å². The van der Waals surface area contributed by atoms with E-state index in [2.05, 4.69) is 5.32 Å². The molecule has 0 radical (unpaired) electrons. The number of anilines is 2. The minimum absolute atomic E-state index is 0.256. The molecule has 5 heteroatoms. The van der Waals surface area contributed by atoms with Gasteiger partial charge in [-0.2, -0.15) is 0 Å². The van der Waals surface area contributed by atoms with Crippen LogP contribution in [0.2, 0.25) is 0 Å². The summed E-state index contributed by atoms with van der Waals surface area (Å²) in [6.45, 7) is 4.43. The van der Waals surface area contributed by atoms with Crippen molar-refractivity contribution < 1.29 is 14.3 Å². The highest BCUT2D eigenvalue weighted by Gasteiger charge is 2.40. The molecule has 0 unspecified atom stereocenters. The van der Waals surface area contributed by atoms with Gasteiger partial charge in [-0.15, -0.1) is 0 Å². The number of fused-ring (bicyclic) bond motifs is 1. The maximum absolute atomic E-state index is 13.7. The molecule has 5 nitrogen and oxygen atoms in total. The van der Waals surface area contributed by atoms with Crippen molar-refractivity contribution in [2.24, 2.45) is 0 Å². The second-order valence-electron chi connectivity index (χ2n) is 8.14. The van der Waals surface area contributed by atoms with Crippen LogP contribution in [0.5, 0.6) is 5.75 Å². The van der Waals surface area contributed by atoms with Gasteiger partial charge < -0.3 is 10.1 Å². The van der Waals surface area contributed by atoms with Gasteiger partial charge in [0.15, 0.2) is 0 Å². The molecule has 168 valence electrons. The minimum Gasteiger partial charge on any atom is -0.494 e. The number of ether oxygens (including phenoxy) is 1. The molecule has 2 amide bonds. The smallest absolute Gasteiger partial charge is 0.282 e. The largest absolute Gasteiger partial charge is 0.494 e. The van der Waals surface area contributed by atoms with Crippen LogP contribution in [-0.2, 0) is 9.59 Å². The summed E-state index contributed by atoms with van der Waals surface area (Å²) in [5.74, 6) is -0.0333. The zero-order chi connectivity index (χ0) is 23.7. The van der Waals surface area contributed by atoms with Gasteiger partial charge >= 0.3 is 0 Å². The van der Waals surface area contributed by atoms with Crippen LogP contribution in [0.3, 0.4) is 0 Å². The summed E-state index contributed by atoms with van der Waals surface area (Å²) in [4.78, 5) is 28.5. The molecule has 0 aromatic heterocycles. The third-order valence-corrected chi connectivity index (χ3v) is 5.88. The Hall–Kier alpha value is -4.38. The SMILES string of the molecule is CCOc1ccc(C2=C(Nc3cccc4ccccc34)C(=O)N(c3ccc(C)cc3)C2=O)cc1. The minimum atomic E-state index is -0.384. The number of hydrogen-bond acceptors (Lipinski definition) is 4. The van der Waals surface area contributed by atoms with Gasteiger partial charge in [0.05, 0.1) is 17.9 Å². The first-order valence-electron chi connectivity index (χ1n) is 11.2. The molecule has 1 N–H and O–H groups in total. The first-order chi connectivity index (χ1) is 16.6. The number of benzene rings is 4. The number of imide groups is 1. The van der Waals surface area contributed by atoms with Gasteiger partial charge in [0.1, 0.15) is 11.4 Å². The number of amides is 2. The maximum atomic E-state index is 13.7. The van der Waals surface area contributed by atoms with Crippen LogP contribution in [0.25, 0.3) is 16.3 Å². The van der Waals surface area contributed by atoms with Gasteiger partial charge in [0.2, 0.25) is 0 Å². The first kappa shape index (κ1) is 21.5. The highest BCUT2D eigenvalue weighted by atomic mass is 16.5. The fourth-order valence-electron chi connectivity index (χ4n) is 4.20. The van der Waals surface area contributed by atoms with Crippen molar-refractivity contribution in [3.63, 3.8) is 0 Å². The van der Waals surface area contributed by atoms with Crippen molar-refractivity contribution in [3.8, 4) is 5.75 Å². The van der Waals surface area contributed by atoms with E-state index < -0.39 is 0 Å². The summed E-state index contributed by atoms with van der Waals surface area (Å²) >= 11 is 0. The first-order valence-corrected chi connectivity index (χ1v) is 11.2. The number of carbonyl (C=O) groups excluding carboxylic acids is 2. The second-order valence-corrected chi connectivity index (χ2v) is 8.14. The predicted octanol–water partition coefficient (Wildman–Crippen LogP) is 5.94. The molecule has 1 heterocycles. The summed E-state index contributed by atoms with van der Waals surface area (Å²) in [6, 6.07) is 28.4. The molecule has 5 rings (SSSR count). The predicted molar refractivity (Wildman–Crippen MR) is 136 cm³/mol. The second kappa shape index (κ2) is 8.87. The number of carbonyl (C=O) groups is 2. The summed E-state index contributed by atoms with van der Waals surface area (Å²) < 4.78 is 5.55. The average molecular weight is 449 g/mol. The lowest BCUT2D eigenvalue weighted by atomic mass is 10.0. The molecule has 0 fully saturated rings. The van der Waals surface area contributed by atoms with Crippen LogP contribution in [0.15, 0.2) is 96.7 Å². The normalized spacial score (nSPS) is 13.6. The van der Waals surface area contributed by atoms with Crippen molar-refractivity contribution in [1.29, 1.82) is 0 Å². The highest BCUT2D eigenvalue weighted by molar-refractivity contribution is 6.46. The van der Waals surface area contributed by atoms with E-state index in [4.69, 9.17) is 4.74 Å². The van der Waals surface area contributed by atoms with E-state index in [1.165, 1.54) is 4.90 Å². The number of rotatable bonds is 6. The standard InChI is InChI=1S/C29H24N2O3/c1-3-34-23-17-13-21(14-18-23)26-27(30-25-10-6-8-20-7-4-5-9-24(20)25)29(33)31(28(26)32)22-15-11-19(2)12-16-22/h4-18,30H,3H2,1-2H3. The molecule has 34 heavy (non-hydrogen) atoms. The van der Waals surface area contributed by atoms with Crippen molar-refractivity contribution in [3.05, 3.63) is 108 Å². The Bertz CT molecular complexity index is 1410. The number of nitrogens with zero attached hydrogens (tertiary/aromatic N) is 1. The molecule has 0 saturated heterocycles. The lowest BCUT2D eigenvalue weighted by Crippen LogP contribution is -2.32. The monoisotopic (exact) mass is 448 g/mol. The number of nitrogens with one attached hydrogen (secondary N) is 1. The topological polar surface area (TPSA) is 58.6 Å². The molecule has 0 bridgehead atoms. The van der Waals surface area contributed by atoms with E-state index in [0.717, 1.165) is 22.0 Å². The highest BCUT2D eigenvalue weighted by Crippen LogP contribution is 2.35. The van der Waals surface area contributed by atoms with Gasteiger partial charge in [0, 0.05) is 11.1 Å². The van der Waals surface area contributed by atoms with Crippen LogP contribution in [0, 0.1) is 6.92 Å². The molecule has 4 aromatic carbocycles. The molecule has 4 aromatic rings. The molecule has 0 saturated carbocycles. The molecular weight excluding hydrogens is 424 g/mol. The van der Waals surface area contributed by atoms with Crippen molar-refractivity contribution in [1.82, 2.24) is 0 Å². The Balaban J connectivity index is 1.63. The summed E-state index contributed by atoms with van der Waals surface area (Å²) in [5.41, 5.74) is 3.60. The van der Waals surface area contributed by atoms with Crippen LogP contribution in [-0.4, -0.2) is 18.4 Å². The van der Waals surface area contributed by atoms with Crippen LogP contribution in [0.1, 0.15) is 18.1 Å². The zero-order valence-electron chi connectivity index (χ0n) is 19.0. The lowest BCUT2D eigenvalue weighted by Gasteiger charge is -2.16. The molecule has 1 aliphatic rings. The van der Waals surface area contributed by atoms with Gasteiger partial charge in [-0.3, -0.25) is 9.59 Å². The Morgan fingerprint density at radius 3 is 2.24 bits per heavy atom. The fourth-order valence-corrected chi connectivity index (χ4v) is 4.20. The third-order valence-electron chi connectivity index (χ3n) is 5.88. The fraction of sp³-hybridized carbons (Fsp3) is 0.103. The molecule has 0 aliphatic carbocycles. The van der Waals surface area contributed by atoms with E-state index in [-0.39, 0.29) is 17.5 Å². The van der Waals surface area contributed by atoms with Gasteiger partial charge in [-0.25, -0.2) is 4.90 Å². The molecule has 0 spiro atoms. The van der Waals surface area contributed by atoms with Crippen LogP contribution in [0.4, 0.5) is 11.4 Å². The Morgan fingerprint density at radius 2 is 1.50 bits per heavy atom. The summed E-state index contributed by atoms with van der Waals surface area (Å²) in [5, 5.41) is 5.31. The molecule has 0 atom stereocenters. The van der Waals surface area contributed by atoms with E-state index >= 15 is 0 Å². The zero-order valence-corrected chi connectivity index (χ0v) is 19.0.